The van der Waals surface area contributed by atoms with Crippen molar-refractivity contribution < 1.29 is 34.2 Å². The lowest BCUT2D eigenvalue weighted by atomic mass is 9.96. The number of rotatable bonds is 16. The van der Waals surface area contributed by atoms with Crippen LogP contribution in [-0.2, 0) is 30.4 Å². The molecule has 1 aromatic rings. The number of nitrogens with two attached hydrogens (primary N) is 1. The molecular weight excluding hydrogens is 488 g/mol. The van der Waals surface area contributed by atoms with E-state index >= 15 is 0 Å². The number of thioether (sulfide) groups is 1. The molecule has 0 heterocycles. The van der Waals surface area contributed by atoms with Crippen molar-refractivity contribution in [3.63, 3.8) is 0 Å². The Morgan fingerprint density at radius 2 is 1.56 bits per heavy atom. The summed E-state index contributed by atoms with van der Waals surface area (Å²) in [4.78, 5) is 61.3. The number of carbonyl (C=O) groups excluding carboxylic acids is 3. The second-order valence-electron chi connectivity index (χ2n) is 8.51. The molecule has 0 saturated heterocycles. The summed E-state index contributed by atoms with van der Waals surface area (Å²) in [6.45, 7) is 3.57. The molecule has 0 aliphatic carbocycles. The number of hydrogen-bond donors (Lipinski definition) is 6. The van der Waals surface area contributed by atoms with Crippen LogP contribution in [0, 0.1) is 5.92 Å². The van der Waals surface area contributed by atoms with E-state index in [1.807, 2.05) is 13.2 Å². The van der Waals surface area contributed by atoms with Gasteiger partial charge in [0.2, 0.25) is 17.7 Å². The number of amides is 3. The van der Waals surface area contributed by atoms with E-state index in [1.165, 1.54) is 11.8 Å². The highest BCUT2D eigenvalue weighted by atomic mass is 32.2. The molecule has 0 aliphatic rings. The van der Waals surface area contributed by atoms with Gasteiger partial charge in [0.15, 0.2) is 0 Å². The molecule has 0 spiro atoms. The standard InChI is InChI=1S/C24H36N4O7S/c1-4-14(2)20(23(33)26-17(24(34)35)10-11-36-3)28-22(32)18(12-15-8-6-5-7-9-15)27-21(31)16(25)13-19(29)30/h5-9,14,16-18,20H,4,10-13,25H2,1-3H3,(H,26,33)(H,27,31)(H,28,32)(H,29,30)(H,34,35). The lowest BCUT2D eigenvalue weighted by molar-refractivity contribution is -0.142. The van der Waals surface area contributed by atoms with E-state index in [1.54, 1.807) is 37.3 Å². The fourth-order valence-corrected chi connectivity index (χ4v) is 3.80. The molecular formula is C24H36N4O7S. The summed E-state index contributed by atoms with van der Waals surface area (Å²) in [5, 5.41) is 26.0. The monoisotopic (exact) mass is 524 g/mol. The number of carbonyl (C=O) groups is 5. The molecule has 5 unspecified atom stereocenters. The summed E-state index contributed by atoms with van der Waals surface area (Å²) in [6, 6.07) is 4.15. The Kier molecular flexibility index (Phi) is 13.6. The number of nitrogens with one attached hydrogen (secondary N) is 3. The van der Waals surface area contributed by atoms with Gasteiger partial charge < -0.3 is 31.9 Å². The van der Waals surface area contributed by atoms with E-state index in [4.69, 9.17) is 10.8 Å². The van der Waals surface area contributed by atoms with Gasteiger partial charge in [-0.15, -0.1) is 0 Å². The third-order valence-corrected chi connectivity index (χ3v) is 6.31. The summed E-state index contributed by atoms with van der Waals surface area (Å²) in [5.41, 5.74) is 6.38. The normalized spacial score (nSPS) is 15.0. The topological polar surface area (TPSA) is 188 Å². The predicted octanol–water partition coefficient (Wildman–Crippen LogP) is 0.369. The zero-order chi connectivity index (χ0) is 27.3. The van der Waals surface area contributed by atoms with Crippen LogP contribution in [0.25, 0.3) is 0 Å². The highest BCUT2D eigenvalue weighted by molar-refractivity contribution is 7.98. The molecule has 7 N–H and O–H groups in total. The fourth-order valence-electron chi connectivity index (χ4n) is 3.33. The Morgan fingerprint density at radius 3 is 2.08 bits per heavy atom. The largest absolute Gasteiger partial charge is 0.481 e. The molecule has 11 nitrogen and oxygen atoms in total. The Labute approximate surface area is 215 Å². The van der Waals surface area contributed by atoms with Crippen LogP contribution in [0.5, 0.6) is 0 Å². The van der Waals surface area contributed by atoms with Crippen molar-refractivity contribution in [2.45, 2.75) is 63.7 Å². The summed E-state index contributed by atoms with van der Waals surface area (Å²) in [6.07, 6.45) is 2.01. The fraction of sp³-hybridized carbons (Fsp3) is 0.542. The highest BCUT2D eigenvalue weighted by Gasteiger charge is 2.33. The molecule has 1 rings (SSSR count). The van der Waals surface area contributed by atoms with Crippen molar-refractivity contribution in [1.29, 1.82) is 0 Å². The van der Waals surface area contributed by atoms with Crippen LogP contribution in [-0.4, -0.2) is 76.0 Å². The first-order valence-electron chi connectivity index (χ1n) is 11.6. The van der Waals surface area contributed by atoms with E-state index in [9.17, 15) is 29.1 Å². The van der Waals surface area contributed by atoms with Crippen LogP contribution in [0.3, 0.4) is 0 Å². The van der Waals surface area contributed by atoms with E-state index in [2.05, 4.69) is 16.0 Å². The third kappa shape index (κ3) is 10.6. The third-order valence-electron chi connectivity index (χ3n) is 5.67. The molecule has 5 atom stereocenters. The SMILES string of the molecule is CCC(C)C(NC(=O)C(Cc1ccccc1)NC(=O)C(N)CC(=O)O)C(=O)NC(CCSC)C(=O)O. The smallest absolute Gasteiger partial charge is 0.326 e. The van der Waals surface area contributed by atoms with Gasteiger partial charge in [-0.1, -0.05) is 50.6 Å². The zero-order valence-electron chi connectivity index (χ0n) is 20.7. The maximum Gasteiger partial charge on any atom is 0.326 e. The summed E-state index contributed by atoms with van der Waals surface area (Å²) < 4.78 is 0. The number of hydrogen-bond acceptors (Lipinski definition) is 7. The minimum Gasteiger partial charge on any atom is -0.481 e. The minimum absolute atomic E-state index is 0.0680. The number of carboxylic acid groups (broad SMARTS) is 2. The van der Waals surface area contributed by atoms with Crippen LogP contribution in [0.2, 0.25) is 0 Å². The molecule has 0 fully saturated rings. The van der Waals surface area contributed by atoms with E-state index in [-0.39, 0.29) is 18.8 Å². The van der Waals surface area contributed by atoms with Gasteiger partial charge >= 0.3 is 11.9 Å². The van der Waals surface area contributed by atoms with E-state index in [0.717, 1.165) is 5.56 Å². The van der Waals surface area contributed by atoms with Crippen LogP contribution in [0.15, 0.2) is 30.3 Å². The number of benzene rings is 1. The molecule has 1 aromatic carbocycles. The lowest BCUT2D eigenvalue weighted by Gasteiger charge is -2.28. The quantitative estimate of drug-likeness (QED) is 0.177. The van der Waals surface area contributed by atoms with Gasteiger partial charge in [0, 0.05) is 6.42 Å². The van der Waals surface area contributed by atoms with Crippen molar-refractivity contribution in [2.24, 2.45) is 11.7 Å². The Morgan fingerprint density at radius 1 is 0.944 bits per heavy atom. The van der Waals surface area contributed by atoms with Gasteiger partial charge in [-0.3, -0.25) is 19.2 Å². The van der Waals surface area contributed by atoms with Crippen LogP contribution in [0.4, 0.5) is 0 Å². The summed E-state index contributed by atoms with van der Waals surface area (Å²) in [5.74, 6) is -4.38. The maximum atomic E-state index is 13.3. The molecule has 0 saturated carbocycles. The van der Waals surface area contributed by atoms with Crippen molar-refractivity contribution in [1.82, 2.24) is 16.0 Å². The van der Waals surface area contributed by atoms with Gasteiger partial charge in [-0.05, 0) is 29.9 Å². The van der Waals surface area contributed by atoms with Crippen LogP contribution >= 0.6 is 11.8 Å². The highest BCUT2D eigenvalue weighted by Crippen LogP contribution is 2.11. The van der Waals surface area contributed by atoms with Crippen LogP contribution in [0.1, 0.15) is 38.7 Å². The summed E-state index contributed by atoms with van der Waals surface area (Å²) >= 11 is 1.45. The van der Waals surface area contributed by atoms with Gasteiger partial charge in [0.05, 0.1) is 12.5 Å². The van der Waals surface area contributed by atoms with Gasteiger partial charge in [0.1, 0.15) is 18.1 Å². The Hall–Kier alpha value is -3.12. The molecule has 3 amide bonds. The first kappa shape index (κ1) is 30.9. The lowest BCUT2D eigenvalue weighted by Crippen LogP contribution is -2.59. The maximum absolute atomic E-state index is 13.3. The molecule has 0 aliphatic heterocycles. The molecule has 0 aromatic heterocycles. The molecule has 0 bridgehead atoms. The number of carboxylic acids is 2. The Bertz CT molecular complexity index is 900. The van der Waals surface area contributed by atoms with E-state index in [0.29, 0.717) is 12.2 Å². The average Bonchev–Trinajstić information content (AvgIpc) is 2.83. The van der Waals surface area contributed by atoms with Gasteiger partial charge in [0.25, 0.3) is 0 Å². The first-order chi connectivity index (χ1) is 17.0. The molecule has 0 radical (unpaired) electrons. The molecule has 36 heavy (non-hydrogen) atoms. The first-order valence-corrected chi connectivity index (χ1v) is 13.0. The van der Waals surface area contributed by atoms with Gasteiger partial charge in [-0.2, -0.15) is 11.8 Å². The second-order valence-corrected chi connectivity index (χ2v) is 9.49. The minimum atomic E-state index is -1.37. The molecule has 12 heteroatoms. The van der Waals surface area contributed by atoms with Crippen molar-refractivity contribution in [2.75, 3.05) is 12.0 Å². The zero-order valence-corrected chi connectivity index (χ0v) is 21.5. The van der Waals surface area contributed by atoms with E-state index < -0.39 is 60.2 Å². The average molecular weight is 525 g/mol. The predicted molar refractivity (Wildman–Crippen MR) is 136 cm³/mol. The van der Waals surface area contributed by atoms with Gasteiger partial charge in [-0.25, -0.2) is 4.79 Å². The van der Waals surface area contributed by atoms with Crippen LogP contribution < -0.4 is 21.7 Å². The van der Waals surface area contributed by atoms with Crippen molar-refractivity contribution >= 4 is 41.4 Å². The van der Waals surface area contributed by atoms with Crippen molar-refractivity contribution in [3.8, 4) is 0 Å². The molecule has 200 valence electrons. The number of aliphatic carboxylic acids is 2. The second kappa shape index (κ2) is 15.8. The van der Waals surface area contributed by atoms with Crippen molar-refractivity contribution in [3.05, 3.63) is 35.9 Å². The Balaban J connectivity index is 3.11. The summed E-state index contributed by atoms with van der Waals surface area (Å²) in [7, 11) is 0.